The summed E-state index contributed by atoms with van der Waals surface area (Å²) in [7, 11) is 0. The first-order valence-corrected chi connectivity index (χ1v) is 12.7. The molecular formula is C26H20ClF6N5O4. The second-order valence-electron chi connectivity index (χ2n) is 9.23. The van der Waals surface area contributed by atoms with Gasteiger partial charge in [0.05, 0.1) is 48.1 Å². The number of benzene rings is 2. The second kappa shape index (κ2) is 11.4. The molecule has 1 aliphatic rings. The third-order valence-corrected chi connectivity index (χ3v) is 6.80. The normalized spacial score (nSPS) is 14.4. The van der Waals surface area contributed by atoms with E-state index < -0.39 is 42.4 Å². The van der Waals surface area contributed by atoms with Crippen LogP contribution in [0.4, 0.5) is 32.2 Å². The summed E-state index contributed by atoms with van der Waals surface area (Å²) in [6.07, 6.45) is -10.1. The number of aromatic nitrogens is 4. The highest BCUT2D eigenvalue weighted by Crippen LogP contribution is 2.38. The first-order valence-electron chi connectivity index (χ1n) is 12.3. The molecule has 1 N–H and O–H groups in total. The van der Waals surface area contributed by atoms with Crippen molar-refractivity contribution in [1.29, 1.82) is 0 Å². The van der Waals surface area contributed by atoms with Crippen LogP contribution in [0.15, 0.2) is 47.0 Å². The number of alkyl halides is 6. The molecule has 0 bridgehead atoms. The van der Waals surface area contributed by atoms with E-state index in [4.69, 9.17) is 20.9 Å². The van der Waals surface area contributed by atoms with Gasteiger partial charge in [-0.3, -0.25) is 4.79 Å². The van der Waals surface area contributed by atoms with E-state index in [0.717, 1.165) is 4.68 Å². The number of hydrogen-bond donors (Lipinski definition) is 1. The molecule has 0 unspecified atom stereocenters. The number of morpholine rings is 1. The number of ketones is 1. The maximum atomic E-state index is 14.0. The average molecular weight is 616 g/mol. The largest absolute Gasteiger partial charge is 0.416 e. The average Bonchev–Trinajstić information content (AvgIpc) is 3.57. The van der Waals surface area contributed by atoms with Gasteiger partial charge in [0.2, 0.25) is 5.78 Å². The molecule has 0 atom stereocenters. The lowest BCUT2D eigenvalue weighted by molar-refractivity contribution is -0.143. The number of aliphatic hydroxyl groups is 1. The van der Waals surface area contributed by atoms with Gasteiger partial charge in [-0.25, -0.2) is 4.68 Å². The van der Waals surface area contributed by atoms with Gasteiger partial charge in [-0.05, 0) is 35.9 Å². The van der Waals surface area contributed by atoms with Crippen LogP contribution < -0.4 is 4.90 Å². The van der Waals surface area contributed by atoms with Gasteiger partial charge >= 0.3 is 12.4 Å². The van der Waals surface area contributed by atoms with Crippen LogP contribution in [0.2, 0.25) is 5.02 Å². The third kappa shape index (κ3) is 5.84. The van der Waals surface area contributed by atoms with E-state index in [2.05, 4.69) is 15.5 Å². The molecule has 1 fully saturated rings. The summed E-state index contributed by atoms with van der Waals surface area (Å²) in [6, 6.07) is 7.59. The van der Waals surface area contributed by atoms with Gasteiger partial charge in [-0.15, -0.1) is 5.10 Å². The standard InChI is InChI=1S/C26H20ClF6N5O4/c27-18-4-2-1-3-17(18)23-20(19(13-39)35-42-23)22(40)21-24(37-5-7-41-8-6-37)38(36-34-21)12-14-9-15(25(28,29)30)11-16(10-14)26(31,32)33/h1-4,9-11,39H,5-8,12-13H2. The highest BCUT2D eigenvalue weighted by atomic mass is 35.5. The molecule has 42 heavy (non-hydrogen) atoms. The molecular weight excluding hydrogens is 596 g/mol. The lowest BCUT2D eigenvalue weighted by atomic mass is 10.0. The van der Waals surface area contributed by atoms with Crippen molar-refractivity contribution in [3.8, 4) is 11.3 Å². The van der Waals surface area contributed by atoms with Crippen LogP contribution in [0.5, 0.6) is 0 Å². The van der Waals surface area contributed by atoms with Crippen LogP contribution in [0.3, 0.4) is 0 Å². The van der Waals surface area contributed by atoms with Gasteiger partial charge in [-0.2, -0.15) is 26.3 Å². The molecule has 1 aliphatic heterocycles. The summed E-state index contributed by atoms with van der Waals surface area (Å²) < 4.78 is 92.6. The van der Waals surface area contributed by atoms with E-state index in [9.17, 15) is 36.2 Å². The van der Waals surface area contributed by atoms with Gasteiger partial charge in [-0.1, -0.05) is 34.1 Å². The summed E-state index contributed by atoms with van der Waals surface area (Å²) in [6.45, 7) is -0.384. The fourth-order valence-corrected chi connectivity index (χ4v) is 4.77. The van der Waals surface area contributed by atoms with Crippen LogP contribution in [0, 0.1) is 0 Å². The molecule has 0 saturated carbocycles. The minimum absolute atomic E-state index is 0.0290. The molecule has 0 aliphatic carbocycles. The van der Waals surface area contributed by atoms with Crippen molar-refractivity contribution < 1.29 is 45.5 Å². The maximum absolute atomic E-state index is 14.0. The number of nitrogens with zero attached hydrogens (tertiary/aromatic N) is 5. The predicted molar refractivity (Wildman–Crippen MR) is 135 cm³/mol. The molecule has 0 radical (unpaired) electrons. The fraction of sp³-hybridized carbons (Fsp3) is 0.308. The smallest absolute Gasteiger partial charge is 0.390 e. The summed E-state index contributed by atoms with van der Waals surface area (Å²) >= 11 is 6.29. The highest BCUT2D eigenvalue weighted by Gasteiger charge is 2.38. The number of aliphatic hydroxyl groups excluding tert-OH is 1. The predicted octanol–water partition coefficient (Wildman–Crippen LogP) is 5.23. The van der Waals surface area contributed by atoms with Crippen molar-refractivity contribution in [2.24, 2.45) is 0 Å². The maximum Gasteiger partial charge on any atom is 0.416 e. The monoisotopic (exact) mass is 615 g/mol. The number of hydrogen-bond acceptors (Lipinski definition) is 8. The Hall–Kier alpha value is -3.95. The van der Waals surface area contributed by atoms with Gasteiger partial charge in [0.1, 0.15) is 5.69 Å². The number of rotatable bonds is 7. The minimum Gasteiger partial charge on any atom is -0.390 e. The quantitative estimate of drug-likeness (QED) is 0.223. The molecule has 1 saturated heterocycles. The Labute approximate surface area is 238 Å². The molecule has 0 amide bonds. The van der Waals surface area contributed by atoms with Crippen LogP contribution in [0.25, 0.3) is 11.3 Å². The highest BCUT2D eigenvalue weighted by molar-refractivity contribution is 6.33. The van der Waals surface area contributed by atoms with E-state index >= 15 is 0 Å². The Balaban J connectivity index is 1.63. The van der Waals surface area contributed by atoms with Crippen molar-refractivity contribution in [2.45, 2.75) is 25.5 Å². The molecule has 16 heteroatoms. The van der Waals surface area contributed by atoms with Crippen molar-refractivity contribution in [1.82, 2.24) is 20.2 Å². The first-order chi connectivity index (χ1) is 19.9. The molecule has 222 valence electrons. The van der Waals surface area contributed by atoms with E-state index in [-0.39, 0.29) is 71.5 Å². The topological polar surface area (TPSA) is 107 Å². The van der Waals surface area contributed by atoms with E-state index in [1.807, 2.05) is 0 Å². The van der Waals surface area contributed by atoms with E-state index in [1.54, 1.807) is 29.2 Å². The number of halogens is 7. The minimum atomic E-state index is -5.05. The molecule has 2 aromatic carbocycles. The Bertz CT molecular complexity index is 1580. The summed E-state index contributed by atoms with van der Waals surface area (Å²) in [5.41, 5.74) is -3.65. The zero-order chi connectivity index (χ0) is 30.2. The fourth-order valence-electron chi connectivity index (χ4n) is 4.55. The Morgan fingerprint density at radius 1 is 1.00 bits per heavy atom. The van der Waals surface area contributed by atoms with Crippen LogP contribution in [0.1, 0.15) is 38.4 Å². The Morgan fingerprint density at radius 2 is 1.64 bits per heavy atom. The third-order valence-electron chi connectivity index (χ3n) is 6.47. The summed E-state index contributed by atoms with van der Waals surface area (Å²) in [5.74, 6) is -0.836. The Morgan fingerprint density at radius 3 is 2.24 bits per heavy atom. The second-order valence-corrected chi connectivity index (χ2v) is 9.64. The van der Waals surface area contributed by atoms with Crippen LogP contribution in [-0.4, -0.2) is 57.3 Å². The molecule has 9 nitrogen and oxygen atoms in total. The van der Waals surface area contributed by atoms with E-state index in [0.29, 0.717) is 17.7 Å². The van der Waals surface area contributed by atoms with Gasteiger partial charge in [0.15, 0.2) is 17.3 Å². The summed E-state index contributed by atoms with van der Waals surface area (Å²) in [5, 5.41) is 21.8. The van der Waals surface area contributed by atoms with Crippen molar-refractivity contribution >= 4 is 23.2 Å². The van der Waals surface area contributed by atoms with Gasteiger partial charge < -0.3 is 19.3 Å². The lowest BCUT2D eigenvalue weighted by Gasteiger charge is -2.29. The number of ether oxygens (including phenoxy) is 1. The zero-order valence-electron chi connectivity index (χ0n) is 21.3. The SMILES string of the molecule is O=C(c1nnn(Cc2cc(C(F)(F)F)cc(C(F)(F)F)c2)c1N1CCOCC1)c1c(CO)noc1-c1ccccc1Cl. The van der Waals surface area contributed by atoms with Gasteiger partial charge in [0, 0.05) is 18.7 Å². The number of carbonyl (C=O) groups is 1. The van der Waals surface area contributed by atoms with Crippen molar-refractivity contribution in [2.75, 3.05) is 31.2 Å². The first kappa shape index (κ1) is 29.5. The summed E-state index contributed by atoms with van der Waals surface area (Å²) in [4.78, 5) is 15.6. The molecule has 5 rings (SSSR count). The van der Waals surface area contributed by atoms with Crippen LogP contribution in [-0.2, 0) is 30.2 Å². The lowest BCUT2D eigenvalue weighted by Crippen LogP contribution is -2.38. The zero-order valence-corrected chi connectivity index (χ0v) is 22.1. The molecule has 2 aromatic heterocycles. The molecule has 3 heterocycles. The molecule has 4 aromatic rings. The molecule has 0 spiro atoms. The van der Waals surface area contributed by atoms with Crippen molar-refractivity contribution in [3.05, 3.63) is 81.1 Å². The Kier molecular flexibility index (Phi) is 8.00. The number of carbonyl (C=O) groups excluding carboxylic acids is 1. The van der Waals surface area contributed by atoms with Gasteiger partial charge in [0.25, 0.3) is 0 Å². The van der Waals surface area contributed by atoms with E-state index in [1.165, 1.54) is 0 Å². The van der Waals surface area contributed by atoms with Crippen LogP contribution >= 0.6 is 11.6 Å². The number of anilines is 1. The van der Waals surface area contributed by atoms with Crippen molar-refractivity contribution in [3.63, 3.8) is 0 Å².